The summed E-state index contributed by atoms with van der Waals surface area (Å²) in [5, 5.41) is 10.9. The number of fused-ring (bicyclic) bond motifs is 6. The summed E-state index contributed by atoms with van der Waals surface area (Å²) in [6.07, 6.45) is 15.3. The molecule has 10 rings (SSSR count). The molecule has 0 aliphatic heterocycles. The summed E-state index contributed by atoms with van der Waals surface area (Å²) in [4.78, 5) is 0. The largest absolute Gasteiger partial charge is 0.184 e. The summed E-state index contributed by atoms with van der Waals surface area (Å²) in [5.74, 6) is 0. The first-order chi connectivity index (χ1) is 24.9. The first-order valence-corrected chi connectivity index (χ1v) is 19.6. The summed E-state index contributed by atoms with van der Waals surface area (Å²) in [7, 11) is 2.97. The predicted molar refractivity (Wildman–Crippen MR) is 228 cm³/mol. The van der Waals surface area contributed by atoms with Gasteiger partial charge in [-0.15, -0.1) is 92.2 Å². The molecule has 0 aromatic heterocycles. The van der Waals surface area contributed by atoms with Crippen molar-refractivity contribution >= 4 is 86.7 Å². The molecule has 0 saturated heterocycles. The molecule has 0 heterocycles. The molecule has 0 spiro atoms. The Morgan fingerprint density at radius 1 is 0.442 bits per heavy atom. The zero-order valence-electron chi connectivity index (χ0n) is 28.7. The van der Waals surface area contributed by atoms with Gasteiger partial charge in [-0.1, -0.05) is 132 Å². The van der Waals surface area contributed by atoms with E-state index in [-0.39, 0.29) is 24.8 Å². The van der Waals surface area contributed by atoms with E-state index in [9.17, 15) is 0 Å². The van der Waals surface area contributed by atoms with Crippen LogP contribution in [-0.2, 0) is 19.2 Å². The van der Waals surface area contributed by atoms with Gasteiger partial charge < -0.3 is 0 Å². The summed E-state index contributed by atoms with van der Waals surface area (Å²) >= 11 is 1.81. The molecule has 0 amide bonds. The fourth-order valence-electron chi connectivity index (χ4n) is 6.50. The quantitative estimate of drug-likeness (QED) is 0.122. The van der Waals surface area contributed by atoms with Crippen LogP contribution < -0.4 is 0 Å². The third-order valence-electron chi connectivity index (χ3n) is 8.76. The number of halogens is 2. The number of rotatable bonds is 2. The van der Waals surface area contributed by atoms with Crippen molar-refractivity contribution in [2.75, 3.05) is 0 Å². The minimum Gasteiger partial charge on any atom is -0.184 e. The Balaban J connectivity index is 0.000000167. The Kier molecular flexibility index (Phi) is 16.4. The van der Waals surface area contributed by atoms with Gasteiger partial charge in [0.15, 0.2) is 0 Å². The molecule has 0 atom stereocenters. The van der Waals surface area contributed by atoms with Gasteiger partial charge in [-0.3, -0.25) is 0 Å². The van der Waals surface area contributed by atoms with Crippen molar-refractivity contribution in [3.63, 3.8) is 0 Å². The fourth-order valence-corrected chi connectivity index (χ4v) is 6.50. The van der Waals surface area contributed by atoms with Crippen molar-refractivity contribution in [2.24, 2.45) is 0 Å². The average molecular weight is 762 g/mol. The van der Waals surface area contributed by atoms with Crippen LogP contribution in [0.4, 0.5) is 0 Å². The molecular weight excluding hydrogens is 723 g/mol. The molecule has 256 valence electrons. The second kappa shape index (κ2) is 21.2. The van der Waals surface area contributed by atoms with Crippen molar-refractivity contribution in [2.45, 2.75) is 12.8 Å². The van der Waals surface area contributed by atoms with Crippen LogP contribution in [0.5, 0.6) is 0 Å². The molecular formula is C48H38Cl2SiTi-4. The fraction of sp³-hybridized carbons (Fsp3) is 0.0417. The van der Waals surface area contributed by atoms with Crippen molar-refractivity contribution < 1.29 is 19.2 Å². The smallest absolute Gasteiger partial charge is 0.171 e. The summed E-state index contributed by atoms with van der Waals surface area (Å²) < 4.78 is 0. The molecule has 4 heteroatoms. The van der Waals surface area contributed by atoms with E-state index in [1.54, 1.807) is 19.2 Å². The zero-order valence-corrected chi connectivity index (χ0v) is 32.9. The molecule has 0 saturated carbocycles. The Bertz CT molecular complexity index is 2190. The monoisotopic (exact) mass is 760 g/mol. The summed E-state index contributed by atoms with van der Waals surface area (Å²) in [6.45, 7) is 0. The average Bonchev–Trinajstić information content (AvgIpc) is 4.04. The van der Waals surface area contributed by atoms with Gasteiger partial charge in [0.2, 0.25) is 0 Å². The molecule has 0 fully saturated rings. The third-order valence-corrected chi connectivity index (χ3v) is 8.76. The Hall–Kier alpha value is -4.47. The number of hydrogen-bond donors (Lipinski definition) is 0. The Morgan fingerprint density at radius 2 is 0.827 bits per heavy atom. The SMILES string of the molecule is C1=CCC(c2cccc3c2[cH-]c2ccccc23)=C1.C1=CCC(c2cccc3c2[cH-]c2ccccc23)=C1.Cl.Cl.[Si]=[Ti].[c-]1ccccc1.[c-]1ccccc1. The minimum absolute atomic E-state index is 0. The molecule has 2 aliphatic carbocycles. The van der Waals surface area contributed by atoms with Gasteiger partial charge in [-0.05, 0) is 12.8 Å². The van der Waals surface area contributed by atoms with E-state index in [0.717, 1.165) is 12.8 Å². The van der Waals surface area contributed by atoms with Crippen LogP contribution in [0.25, 0.3) is 54.2 Å². The van der Waals surface area contributed by atoms with Crippen molar-refractivity contribution in [3.05, 3.63) is 217 Å². The maximum atomic E-state index is 2.97. The van der Waals surface area contributed by atoms with Crippen LogP contribution in [-0.4, -0.2) is 7.63 Å². The van der Waals surface area contributed by atoms with E-state index < -0.39 is 0 Å². The maximum Gasteiger partial charge on any atom is -0.171 e. The first kappa shape index (κ1) is 40.3. The number of allylic oxidation sites excluding steroid dienone is 8. The predicted octanol–water partition coefficient (Wildman–Crippen LogP) is 13.5. The van der Waals surface area contributed by atoms with Gasteiger partial charge in [-0.25, -0.2) is 0 Å². The minimum atomic E-state index is 0. The standard InChI is InChI=1S/2C18H13.2C6H5.2ClH.Si.Ti/c2*1-2-7-13(6-1)15-10-5-11-17-16-9-4-3-8-14(16)12-18(15)17;2*1-2-4-6-5-3-1;;;;/h2*1-6,8-12H,7H2;2*1-5H;2*1H;;/q4*-1;;;;. The number of hydrogen-bond acceptors (Lipinski definition) is 0. The number of benzene rings is 6. The van der Waals surface area contributed by atoms with E-state index in [2.05, 4.69) is 153 Å². The van der Waals surface area contributed by atoms with Gasteiger partial charge in [-0.2, -0.15) is 72.8 Å². The second-order valence-electron chi connectivity index (χ2n) is 11.8. The van der Waals surface area contributed by atoms with Crippen LogP contribution in [0.2, 0.25) is 0 Å². The molecule has 2 radical (unpaired) electrons. The zero-order chi connectivity index (χ0) is 34.4. The van der Waals surface area contributed by atoms with Crippen molar-refractivity contribution in [3.8, 4) is 0 Å². The molecule has 52 heavy (non-hydrogen) atoms. The molecule has 0 unspecified atom stereocenters. The molecule has 0 N–H and O–H groups in total. The Morgan fingerprint density at radius 3 is 1.15 bits per heavy atom. The van der Waals surface area contributed by atoms with Crippen LogP contribution in [0, 0.1) is 12.1 Å². The van der Waals surface area contributed by atoms with Gasteiger partial charge in [0, 0.05) is 0 Å². The van der Waals surface area contributed by atoms with E-state index in [1.165, 1.54) is 65.4 Å². The molecule has 0 nitrogen and oxygen atoms in total. The van der Waals surface area contributed by atoms with E-state index in [1.807, 2.05) is 60.7 Å². The van der Waals surface area contributed by atoms with E-state index in [0.29, 0.717) is 0 Å². The molecule has 0 bridgehead atoms. The third kappa shape index (κ3) is 9.89. The van der Waals surface area contributed by atoms with Crippen LogP contribution in [0.3, 0.4) is 0 Å². The van der Waals surface area contributed by atoms with Crippen LogP contribution in [0.15, 0.2) is 194 Å². The van der Waals surface area contributed by atoms with Gasteiger partial charge in [0.1, 0.15) is 0 Å². The molecule has 8 aromatic rings. The summed E-state index contributed by atoms with van der Waals surface area (Å²) in [5.41, 5.74) is 5.62. The maximum absolute atomic E-state index is 2.97. The van der Waals surface area contributed by atoms with E-state index in [4.69, 9.17) is 0 Å². The van der Waals surface area contributed by atoms with Crippen molar-refractivity contribution in [1.29, 1.82) is 0 Å². The first-order valence-electron chi connectivity index (χ1n) is 16.8. The molecule has 2 aliphatic rings. The van der Waals surface area contributed by atoms with Gasteiger partial charge in [0.05, 0.1) is 0 Å². The second-order valence-corrected chi connectivity index (χ2v) is 11.8. The molecule has 8 aromatic carbocycles. The normalized spacial score (nSPS) is 12.0. The van der Waals surface area contributed by atoms with Crippen molar-refractivity contribution in [1.82, 2.24) is 0 Å². The van der Waals surface area contributed by atoms with E-state index >= 15 is 0 Å². The Labute approximate surface area is 333 Å². The van der Waals surface area contributed by atoms with Crippen LogP contribution in [0.1, 0.15) is 24.0 Å². The van der Waals surface area contributed by atoms with Crippen LogP contribution >= 0.6 is 24.8 Å². The van der Waals surface area contributed by atoms with Gasteiger partial charge in [0.25, 0.3) is 0 Å². The van der Waals surface area contributed by atoms with Gasteiger partial charge >= 0.3 is 26.8 Å². The summed E-state index contributed by atoms with van der Waals surface area (Å²) in [6, 6.07) is 60.2. The topological polar surface area (TPSA) is 0 Å².